The number of hydrogen-bond acceptors (Lipinski definition) is 3. The molecule has 0 saturated heterocycles. The zero-order chi connectivity index (χ0) is 20.8. The fraction of sp³-hybridized carbons (Fsp3) is 0.316. The highest BCUT2D eigenvalue weighted by Crippen LogP contribution is 2.38. The van der Waals surface area contributed by atoms with Gasteiger partial charge >= 0.3 is 6.18 Å². The van der Waals surface area contributed by atoms with Gasteiger partial charge in [-0.2, -0.15) is 18.3 Å². The minimum atomic E-state index is -4.54. The fourth-order valence-corrected chi connectivity index (χ4v) is 3.18. The molecule has 2 heterocycles. The van der Waals surface area contributed by atoms with Crippen LogP contribution in [0.4, 0.5) is 22.0 Å². The first-order valence-electron chi connectivity index (χ1n) is 8.45. The van der Waals surface area contributed by atoms with Gasteiger partial charge in [-0.25, -0.2) is 13.8 Å². The maximum atomic E-state index is 13.8. The van der Waals surface area contributed by atoms with Crippen LogP contribution in [0.3, 0.4) is 0 Å². The van der Waals surface area contributed by atoms with Crippen molar-refractivity contribution in [2.45, 2.75) is 32.5 Å². The lowest BCUT2D eigenvalue weighted by Crippen LogP contribution is -2.50. The summed E-state index contributed by atoms with van der Waals surface area (Å²) in [6.45, 7) is 6.50. The van der Waals surface area contributed by atoms with Crippen molar-refractivity contribution in [3.8, 4) is 0 Å². The number of rotatable bonds is 4. The summed E-state index contributed by atoms with van der Waals surface area (Å²) in [5, 5.41) is 9.39. The van der Waals surface area contributed by atoms with Gasteiger partial charge in [0, 0.05) is 23.6 Å². The second kappa shape index (κ2) is 7.05. The summed E-state index contributed by atoms with van der Waals surface area (Å²) in [6, 6.07) is 1.35. The molecule has 0 amide bonds. The number of alkyl halides is 5. The van der Waals surface area contributed by atoms with Gasteiger partial charge in [-0.3, -0.25) is 10.1 Å². The second-order valence-corrected chi connectivity index (χ2v) is 6.66. The summed E-state index contributed by atoms with van der Waals surface area (Å²) in [6.07, 6.45) is -3.41. The van der Waals surface area contributed by atoms with Gasteiger partial charge in [0.1, 0.15) is 6.04 Å². The molecule has 0 spiro atoms. The van der Waals surface area contributed by atoms with Crippen LogP contribution in [0.1, 0.15) is 18.1 Å². The van der Waals surface area contributed by atoms with E-state index in [0.29, 0.717) is 10.9 Å². The molecule has 150 valence electrons. The zero-order valence-electron chi connectivity index (χ0n) is 15.5. The summed E-state index contributed by atoms with van der Waals surface area (Å²) < 4.78 is 67.5. The van der Waals surface area contributed by atoms with Crippen LogP contribution in [0.25, 0.3) is 16.6 Å². The Labute approximate surface area is 158 Å². The van der Waals surface area contributed by atoms with Gasteiger partial charge in [0.15, 0.2) is 0 Å². The van der Waals surface area contributed by atoms with Crippen molar-refractivity contribution in [1.29, 1.82) is 0 Å². The monoisotopic (exact) mass is 398 g/mol. The van der Waals surface area contributed by atoms with Gasteiger partial charge in [0.05, 0.1) is 23.1 Å². The van der Waals surface area contributed by atoms with Crippen molar-refractivity contribution in [2.75, 3.05) is 7.05 Å². The number of aromatic nitrogens is 2. The third-order valence-corrected chi connectivity index (χ3v) is 4.82. The van der Waals surface area contributed by atoms with Crippen molar-refractivity contribution >= 4 is 16.6 Å². The molecule has 0 fully saturated rings. The van der Waals surface area contributed by atoms with E-state index >= 15 is 0 Å². The normalized spacial score (nSPS) is 16.8. The van der Waals surface area contributed by atoms with Crippen molar-refractivity contribution in [1.82, 2.24) is 20.2 Å². The number of allylic oxidation sites excluding steroid dienone is 3. The highest BCUT2D eigenvalue weighted by molar-refractivity contribution is 5.87. The predicted molar refractivity (Wildman–Crippen MR) is 97.2 cm³/mol. The quantitative estimate of drug-likeness (QED) is 0.734. The molecule has 0 radical (unpaired) electrons. The van der Waals surface area contributed by atoms with Gasteiger partial charge in [-0.15, -0.1) is 0 Å². The Morgan fingerprint density at radius 1 is 1.21 bits per heavy atom. The minimum absolute atomic E-state index is 0.0349. The van der Waals surface area contributed by atoms with Crippen LogP contribution in [0.5, 0.6) is 0 Å². The molecule has 1 aliphatic rings. The predicted octanol–water partition coefficient (Wildman–Crippen LogP) is 5.03. The van der Waals surface area contributed by atoms with Gasteiger partial charge in [0.25, 0.3) is 6.43 Å². The highest BCUT2D eigenvalue weighted by Gasteiger charge is 2.42. The molecule has 3 rings (SSSR count). The number of halogens is 5. The molecule has 4 nitrogen and oxygen atoms in total. The van der Waals surface area contributed by atoms with E-state index in [4.69, 9.17) is 0 Å². The van der Waals surface area contributed by atoms with Gasteiger partial charge in [-0.1, -0.05) is 6.58 Å². The Balaban J connectivity index is 2.22. The maximum absolute atomic E-state index is 13.8. The average Bonchev–Trinajstić information content (AvgIpc) is 3.08. The van der Waals surface area contributed by atoms with Crippen LogP contribution < -0.4 is 0 Å². The van der Waals surface area contributed by atoms with Crippen LogP contribution >= 0.6 is 0 Å². The van der Waals surface area contributed by atoms with Crippen LogP contribution in [-0.4, -0.2) is 45.9 Å². The van der Waals surface area contributed by atoms with Gasteiger partial charge in [0.2, 0.25) is 0 Å². The van der Waals surface area contributed by atoms with Crippen LogP contribution in [0.15, 0.2) is 48.3 Å². The first-order valence-corrected chi connectivity index (χ1v) is 8.45. The topological polar surface area (TPSA) is 35.2 Å². The number of aryl methyl sites for hydroxylation is 1. The molecular weight excluding hydrogens is 379 g/mol. The fourth-order valence-electron chi connectivity index (χ4n) is 3.18. The summed E-state index contributed by atoms with van der Waals surface area (Å²) in [5.74, 6) is 0. The lowest BCUT2D eigenvalue weighted by molar-refractivity contribution is -0.196. The van der Waals surface area contributed by atoms with Gasteiger partial charge in [-0.05, 0) is 43.7 Å². The molecule has 0 bridgehead atoms. The molecule has 0 aliphatic carbocycles. The largest absolute Gasteiger partial charge is 0.405 e. The third kappa shape index (κ3) is 3.42. The van der Waals surface area contributed by atoms with Crippen LogP contribution in [-0.2, 0) is 0 Å². The van der Waals surface area contributed by atoms with E-state index < -0.39 is 18.6 Å². The smallest absolute Gasteiger partial charge is 0.278 e. The van der Waals surface area contributed by atoms with E-state index in [9.17, 15) is 22.0 Å². The number of nitrogens with zero attached hydrogens (tertiary/aromatic N) is 3. The molecule has 1 aliphatic heterocycles. The number of benzene rings is 1. The maximum Gasteiger partial charge on any atom is 0.405 e. The van der Waals surface area contributed by atoms with Crippen LogP contribution in [0, 0.1) is 6.92 Å². The van der Waals surface area contributed by atoms with Crippen LogP contribution in [0.2, 0.25) is 0 Å². The van der Waals surface area contributed by atoms with Gasteiger partial charge < -0.3 is 0 Å². The Morgan fingerprint density at radius 3 is 2.50 bits per heavy atom. The molecule has 1 aromatic carbocycles. The Bertz CT molecular complexity index is 970. The number of hydrazine groups is 1. The van der Waals surface area contributed by atoms with E-state index in [1.54, 1.807) is 19.1 Å². The number of nitrogens with one attached hydrogen (secondary N) is 1. The first kappa shape index (κ1) is 20.1. The second-order valence-electron chi connectivity index (χ2n) is 6.66. The number of hydrogen-bond donors (Lipinski definition) is 1. The summed E-state index contributed by atoms with van der Waals surface area (Å²) in [5.41, 5.74) is 1.56. The number of fused-ring (bicyclic) bond motifs is 1. The number of H-pyrrole nitrogens is 1. The Kier molecular flexibility index (Phi) is 5.05. The molecular formula is C19H19F5N4. The van der Waals surface area contributed by atoms with Crippen molar-refractivity contribution in [2.24, 2.45) is 0 Å². The molecule has 1 N–H and O–H groups in total. The van der Waals surface area contributed by atoms with Crippen molar-refractivity contribution < 1.29 is 22.0 Å². The van der Waals surface area contributed by atoms with E-state index in [0.717, 1.165) is 28.0 Å². The Morgan fingerprint density at radius 2 is 1.89 bits per heavy atom. The lowest BCUT2D eigenvalue weighted by Gasteiger charge is -2.42. The SMILES string of the molecule is C=C1C=CC(C(F)F)=C(c2cc(C)c3[nH]ncc3c2)N1N(C)C(C)C(F)(F)F. The molecule has 2 aromatic rings. The Hall–Kier alpha value is -2.68. The summed E-state index contributed by atoms with van der Waals surface area (Å²) in [4.78, 5) is 0. The van der Waals surface area contributed by atoms with E-state index in [1.807, 2.05) is 0 Å². The molecule has 28 heavy (non-hydrogen) atoms. The average molecular weight is 398 g/mol. The molecule has 1 atom stereocenters. The zero-order valence-corrected chi connectivity index (χ0v) is 15.5. The minimum Gasteiger partial charge on any atom is -0.278 e. The first-order chi connectivity index (χ1) is 13.0. The summed E-state index contributed by atoms with van der Waals surface area (Å²) in [7, 11) is 1.20. The molecule has 0 saturated carbocycles. The van der Waals surface area contributed by atoms with E-state index in [1.165, 1.54) is 25.4 Å². The summed E-state index contributed by atoms with van der Waals surface area (Å²) >= 11 is 0. The van der Waals surface area contributed by atoms with Crippen molar-refractivity contribution in [3.05, 3.63) is 59.5 Å². The standard InChI is InChI=1S/C19H19F5N4/c1-10-7-13(8-14-9-25-26-16(10)14)17-15(18(20)21)6-5-11(2)28(17)27(4)12(3)19(22,23)24/h5-9,12,18H,2H2,1,3-4H3,(H,25,26). The van der Waals surface area contributed by atoms with E-state index in [-0.39, 0.29) is 17.0 Å². The number of aromatic amines is 1. The molecule has 1 unspecified atom stereocenters. The molecule has 9 heteroatoms. The molecule has 1 aromatic heterocycles. The highest BCUT2D eigenvalue weighted by atomic mass is 19.4. The van der Waals surface area contributed by atoms with Crippen molar-refractivity contribution in [3.63, 3.8) is 0 Å². The van der Waals surface area contributed by atoms with E-state index in [2.05, 4.69) is 16.8 Å². The third-order valence-electron chi connectivity index (χ3n) is 4.82. The lowest BCUT2D eigenvalue weighted by atomic mass is 9.98.